The van der Waals surface area contributed by atoms with E-state index < -0.39 is 0 Å². The molecule has 1 N–H and O–H groups in total. The molecule has 0 radical (unpaired) electrons. The molecule has 210 valence electrons. The van der Waals surface area contributed by atoms with E-state index >= 15 is 0 Å². The highest BCUT2D eigenvalue weighted by atomic mass is 16.5. The number of hydrogen-bond donors (Lipinski definition) is 1. The van der Waals surface area contributed by atoms with E-state index in [0.717, 1.165) is 66.9 Å². The van der Waals surface area contributed by atoms with Gasteiger partial charge in [0.25, 0.3) is 0 Å². The van der Waals surface area contributed by atoms with Crippen LogP contribution in [0.15, 0.2) is 103 Å². The van der Waals surface area contributed by atoms with Crippen molar-refractivity contribution >= 4 is 16.9 Å². The SMILES string of the molecule is Cc1ccccc1OCCCn1c(CCCCCNC(=O)Cc2ccc(-c3ccccc3)cc2)nc2ccccc21. The van der Waals surface area contributed by atoms with Gasteiger partial charge < -0.3 is 14.6 Å². The van der Waals surface area contributed by atoms with Crippen LogP contribution in [0.1, 0.15) is 42.6 Å². The van der Waals surface area contributed by atoms with Gasteiger partial charge in [0.2, 0.25) is 5.91 Å². The fourth-order valence-corrected chi connectivity index (χ4v) is 5.20. The van der Waals surface area contributed by atoms with Gasteiger partial charge in [-0.15, -0.1) is 0 Å². The third-order valence-corrected chi connectivity index (χ3v) is 7.44. The van der Waals surface area contributed by atoms with Crippen molar-refractivity contribution in [2.45, 2.75) is 52.0 Å². The zero-order chi connectivity index (χ0) is 28.3. The zero-order valence-corrected chi connectivity index (χ0v) is 23.9. The number of amides is 1. The molecular weight excluding hydrogens is 506 g/mol. The molecule has 41 heavy (non-hydrogen) atoms. The Morgan fingerprint density at radius 1 is 0.780 bits per heavy atom. The highest BCUT2D eigenvalue weighted by Gasteiger charge is 2.11. The maximum absolute atomic E-state index is 12.5. The maximum Gasteiger partial charge on any atom is 0.224 e. The van der Waals surface area contributed by atoms with Gasteiger partial charge in [0.1, 0.15) is 11.6 Å². The lowest BCUT2D eigenvalue weighted by atomic mass is 10.0. The van der Waals surface area contributed by atoms with E-state index in [1.54, 1.807) is 0 Å². The van der Waals surface area contributed by atoms with E-state index in [4.69, 9.17) is 9.72 Å². The predicted octanol–water partition coefficient (Wildman–Crippen LogP) is 7.55. The van der Waals surface area contributed by atoms with Gasteiger partial charge in [-0.25, -0.2) is 4.98 Å². The topological polar surface area (TPSA) is 56.1 Å². The summed E-state index contributed by atoms with van der Waals surface area (Å²) < 4.78 is 8.37. The normalized spacial score (nSPS) is 11.0. The van der Waals surface area contributed by atoms with E-state index in [2.05, 4.69) is 65.3 Å². The van der Waals surface area contributed by atoms with Gasteiger partial charge in [-0.05, 0) is 66.6 Å². The number of imidazole rings is 1. The van der Waals surface area contributed by atoms with Crippen LogP contribution in [0.25, 0.3) is 22.2 Å². The van der Waals surface area contributed by atoms with Crippen molar-refractivity contribution in [3.8, 4) is 16.9 Å². The Kier molecular flexibility index (Phi) is 9.83. The molecule has 0 atom stereocenters. The largest absolute Gasteiger partial charge is 0.493 e. The molecular formula is C36H39N3O2. The van der Waals surface area contributed by atoms with Crippen LogP contribution >= 0.6 is 0 Å². The summed E-state index contributed by atoms with van der Waals surface area (Å²) in [6.45, 7) is 4.33. The molecule has 0 saturated heterocycles. The summed E-state index contributed by atoms with van der Waals surface area (Å²) in [5.41, 5.74) is 6.78. The van der Waals surface area contributed by atoms with Crippen LogP contribution in [-0.4, -0.2) is 28.6 Å². The Morgan fingerprint density at radius 3 is 2.34 bits per heavy atom. The van der Waals surface area contributed by atoms with Gasteiger partial charge >= 0.3 is 0 Å². The first-order valence-electron chi connectivity index (χ1n) is 14.7. The molecule has 0 fully saturated rings. The molecule has 1 aromatic heterocycles. The standard InChI is InChI=1S/C36H39N3O2/c1-28-13-7-10-18-34(28)41-26-12-25-39-33-17-9-8-16-32(33)38-35(39)19-6-3-11-24-37-36(40)27-29-20-22-31(23-21-29)30-14-4-2-5-15-30/h2,4-5,7-10,13-18,20-23H,3,6,11-12,19,24-27H2,1H3,(H,37,40). The molecule has 0 spiro atoms. The van der Waals surface area contributed by atoms with Gasteiger partial charge in [0.05, 0.1) is 24.1 Å². The minimum Gasteiger partial charge on any atom is -0.493 e. The Bertz CT molecular complexity index is 1540. The fourth-order valence-electron chi connectivity index (χ4n) is 5.20. The minimum absolute atomic E-state index is 0.0761. The Balaban J connectivity index is 1.04. The van der Waals surface area contributed by atoms with E-state index in [0.29, 0.717) is 19.6 Å². The quantitative estimate of drug-likeness (QED) is 0.147. The number of hydrogen-bond acceptors (Lipinski definition) is 3. The molecule has 0 aliphatic heterocycles. The number of ether oxygens (including phenoxy) is 1. The van der Waals surface area contributed by atoms with Crippen molar-refractivity contribution < 1.29 is 9.53 Å². The van der Waals surface area contributed by atoms with Gasteiger partial charge in [0.15, 0.2) is 0 Å². The molecule has 0 saturated carbocycles. The molecule has 1 heterocycles. The number of carbonyl (C=O) groups is 1. The molecule has 0 bridgehead atoms. The lowest BCUT2D eigenvalue weighted by Gasteiger charge is -2.12. The molecule has 0 unspecified atom stereocenters. The van der Waals surface area contributed by atoms with Crippen molar-refractivity contribution in [1.82, 2.24) is 14.9 Å². The van der Waals surface area contributed by atoms with Gasteiger partial charge in [0, 0.05) is 19.5 Å². The molecule has 5 rings (SSSR count). The zero-order valence-electron chi connectivity index (χ0n) is 23.9. The highest BCUT2D eigenvalue weighted by Crippen LogP contribution is 2.21. The maximum atomic E-state index is 12.5. The summed E-state index contributed by atoms with van der Waals surface area (Å²) >= 11 is 0. The van der Waals surface area contributed by atoms with Crippen LogP contribution in [0.3, 0.4) is 0 Å². The lowest BCUT2D eigenvalue weighted by molar-refractivity contribution is -0.120. The Hall–Kier alpha value is -4.38. The van der Waals surface area contributed by atoms with Crippen molar-refractivity contribution in [2.24, 2.45) is 0 Å². The second-order valence-corrected chi connectivity index (χ2v) is 10.5. The second kappa shape index (κ2) is 14.3. The molecule has 5 heteroatoms. The highest BCUT2D eigenvalue weighted by molar-refractivity contribution is 5.79. The number of aryl methyl sites for hydroxylation is 3. The van der Waals surface area contributed by atoms with E-state index in [-0.39, 0.29) is 5.91 Å². The van der Waals surface area contributed by atoms with E-state index in [1.165, 1.54) is 16.6 Å². The van der Waals surface area contributed by atoms with Crippen molar-refractivity contribution in [2.75, 3.05) is 13.2 Å². The number of para-hydroxylation sites is 3. The number of nitrogens with zero attached hydrogens (tertiary/aromatic N) is 2. The van der Waals surface area contributed by atoms with Crippen molar-refractivity contribution in [1.29, 1.82) is 0 Å². The molecule has 0 aliphatic rings. The Labute approximate surface area is 243 Å². The van der Waals surface area contributed by atoms with Gasteiger partial charge in [-0.1, -0.05) is 91.3 Å². The number of nitrogens with one attached hydrogen (secondary N) is 1. The summed E-state index contributed by atoms with van der Waals surface area (Å²) in [6, 6.07) is 35.1. The average molecular weight is 546 g/mol. The van der Waals surface area contributed by atoms with Crippen LogP contribution < -0.4 is 10.1 Å². The summed E-state index contributed by atoms with van der Waals surface area (Å²) in [4.78, 5) is 17.4. The Morgan fingerprint density at radius 2 is 1.51 bits per heavy atom. The number of unbranched alkanes of at least 4 members (excludes halogenated alkanes) is 2. The van der Waals surface area contributed by atoms with Crippen LogP contribution in [0.2, 0.25) is 0 Å². The smallest absolute Gasteiger partial charge is 0.224 e. The first kappa shape index (κ1) is 28.2. The van der Waals surface area contributed by atoms with Crippen LogP contribution in [-0.2, 0) is 24.2 Å². The third-order valence-electron chi connectivity index (χ3n) is 7.44. The summed E-state index contributed by atoms with van der Waals surface area (Å²) in [7, 11) is 0. The second-order valence-electron chi connectivity index (χ2n) is 10.5. The van der Waals surface area contributed by atoms with Crippen LogP contribution in [0.5, 0.6) is 5.75 Å². The van der Waals surface area contributed by atoms with Crippen LogP contribution in [0, 0.1) is 6.92 Å². The predicted molar refractivity (Wildman–Crippen MR) is 167 cm³/mol. The number of benzene rings is 4. The van der Waals surface area contributed by atoms with Crippen molar-refractivity contribution in [3.63, 3.8) is 0 Å². The monoisotopic (exact) mass is 545 g/mol. The summed E-state index contributed by atoms with van der Waals surface area (Å²) in [5.74, 6) is 2.16. The molecule has 4 aromatic carbocycles. The molecule has 5 nitrogen and oxygen atoms in total. The number of carbonyl (C=O) groups excluding carboxylic acids is 1. The molecule has 5 aromatic rings. The summed E-state index contributed by atoms with van der Waals surface area (Å²) in [5, 5.41) is 3.09. The summed E-state index contributed by atoms with van der Waals surface area (Å²) in [6.07, 6.45) is 5.30. The van der Waals surface area contributed by atoms with Crippen molar-refractivity contribution in [3.05, 3.63) is 120 Å². The first-order chi connectivity index (χ1) is 20.2. The number of aromatic nitrogens is 2. The molecule has 1 amide bonds. The fraction of sp³-hybridized carbons (Fsp3) is 0.278. The van der Waals surface area contributed by atoms with Gasteiger partial charge in [-0.2, -0.15) is 0 Å². The minimum atomic E-state index is 0.0761. The first-order valence-corrected chi connectivity index (χ1v) is 14.7. The lowest BCUT2D eigenvalue weighted by Crippen LogP contribution is -2.26. The van der Waals surface area contributed by atoms with E-state index in [9.17, 15) is 4.79 Å². The molecule has 0 aliphatic carbocycles. The van der Waals surface area contributed by atoms with Crippen LogP contribution in [0.4, 0.5) is 0 Å². The number of rotatable bonds is 14. The third kappa shape index (κ3) is 7.85. The average Bonchev–Trinajstić information content (AvgIpc) is 3.36. The van der Waals surface area contributed by atoms with E-state index in [1.807, 2.05) is 54.6 Å². The van der Waals surface area contributed by atoms with Gasteiger partial charge in [-0.3, -0.25) is 4.79 Å². The number of fused-ring (bicyclic) bond motifs is 1.